The molecule has 0 amide bonds. The molecule has 0 aliphatic rings. The number of nitrogens with one attached hydrogen (secondary N) is 1. The smallest absolute Gasteiger partial charge is 0.0282 e. The van der Waals surface area contributed by atoms with Crippen molar-refractivity contribution in [1.29, 1.82) is 0 Å². The molecule has 0 spiro atoms. The van der Waals surface area contributed by atoms with Crippen molar-refractivity contribution in [1.82, 2.24) is 4.98 Å². The van der Waals surface area contributed by atoms with Gasteiger partial charge in [0.2, 0.25) is 0 Å². The van der Waals surface area contributed by atoms with Crippen molar-refractivity contribution in [3.05, 3.63) is 35.8 Å². The quantitative estimate of drug-likeness (QED) is 0.730. The Morgan fingerprint density at radius 3 is 2.33 bits per heavy atom. The van der Waals surface area contributed by atoms with Crippen LogP contribution in [0.3, 0.4) is 0 Å². The Hall–Kier alpha value is 0.654. The van der Waals surface area contributed by atoms with Crippen LogP contribution in [0.1, 0.15) is 5.56 Å². The van der Waals surface area contributed by atoms with Gasteiger partial charge in [-0.05, 0) is 11.9 Å². The average Bonchev–Trinajstić information content (AvgIpc) is 2.10. The van der Waals surface area contributed by atoms with Gasteiger partial charge in [-0.25, -0.2) is 0 Å². The number of alkyl halides is 1. The zero-order valence-corrected chi connectivity index (χ0v) is 11.3. The summed E-state index contributed by atoms with van der Waals surface area (Å²) in [6.07, 6.45) is 3.41. The number of hydrogen-bond acceptors (Lipinski definition) is 1. The summed E-state index contributed by atoms with van der Waals surface area (Å²) >= 11 is 2.94. The molecule has 1 heterocycles. The molecule has 0 aromatic carbocycles. The van der Waals surface area contributed by atoms with Gasteiger partial charge >= 0.3 is 0 Å². The molecule has 0 aliphatic heterocycles. The van der Waals surface area contributed by atoms with Crippen molar-refractivity contribution in [2.24, 2.45) is 0 Å². The van der Waals surface area contributed by atoms with E-state index in [1.54, 1.807) is 12.4 Å². The molecule has 1 radical (unpaired) electrons. The van der Waals surface area contributed by atoms with Crippen molar-refractivity contribution in [2.75, 3.05) is 5.83 Å². The van der Waals surface area contributed by atoms with Gasteiger partial charge < -0.3 is 11.2 Å². The monoisotopic (exact) mass is 308 g/mol. The molecule has 12 heavy (non-hydrogen) atoms. The van der Waals surface area contributed by atoms with Gasteiger partial charge in [-0.1, -0.05) is 27.6 Å². The summed E-state index contributed by atoms with van der Waals surface area (Å²) in [7, 11) is 0. The first-order valence-electron chi connectivity index (χ1n) is 2.85. The summed E-state index contributed by atoms with van der Waals surface area (Å²) in [5.74, 6) is 1.81. The normalized spacial score (nSPS) is 6.58. The van der Waals surface area contributed by atoms with E-state index in [-0.39, 0.29) is 38.2 Å². The fraction of sp³-hybridized carbons (Fsp3) is 0.286. The number of halogens is 1. The Kier molecular flexibility index (Phi) is 21.8. The van der Waals surface area contributed by atoms with E-state index in [9.17, 15) is 0 Å². The second-order valence-corrected chi connectivity index (χ2v) is 1.54. The zero-order valence-electron chi connectivity index (χ0n) is 6.92. The van der Waals surface area contributed by atoms with Crippen LogP contribution >= 0.6 is 15.9 Å². The van der Waals surface area contributed by atoms with E-state index < -0.39 is 0 Å². The third kappa shape index (κ3) is 8.75. The van der Waals surface area contributed by atoms with Gasteiger partial charge in [0.15, 0.2) is 0 Å². The molecule has 0 aliphatic carbocycles. The van der Waals surface area contributed by atoms with Crippen LogP contribution in [-0.4, -0.2) is 16.3 Å². The van der Waals surface area contributed by atoms with E-state index in [4.69, 9.17) is 5.73 Å². The molecule has 5 heteroatoms. The molecule has 0 unspecified atom stereocenters. The van der Waals surface area contributed by atoms with Crippen LogP contribution < -0.4 is 0 Å². The number of hydrogen-bond donors (Lipinski definition) is 0. The molecule has 0 atom stereocenters. The van der Waals surface area contributed by atoms with Crippen molar-refractivity contribution in [3.63, 3.8) is 0 Å². The van der Waals surface area contributed by atoms with Crippen LogP contribution in [0.25, 0.3) is 5.73 Å². The molecule has 0 bridgehead atoms. The van der Waals surface area contributed by atoms with E-state index in [0.717, 1.165) is 5.56 Å². The van der Waals surface area contributed by atoms with Crippen LogP contribution in [0.4, 0.5) is 0 Å². The van der Waals surface area contributed by atoms with Gasteiger partial charge in [0, 0.05) is 45.1 Å². The Morgan fingerprint density at radius 1 is 1.50 bits per heavy atom. The summed E-state index contributed by atoms with van der Waals surface area (Å²) in [4.78, 5) is 3.84. The first-order valence-corrected chi connectivity index (χ1v) is 4.43. The maximum absolute atomic E-state index is 6.90. The van der Waals surface area contributed by atoms with Gasteiger partial charge in [-0.15, -0.1) is 6.54 Å². The number of pyridine rings is 1. The van der Waals surface area contributed by atoms with Gasteiger partial charge in [-0.2, -0.15) is 0 Å². The molecule has 67 valence electrons. The Morgan fingerprint density at radius 2 is 2.08 bits per heavy atom. The summed E-state index contributed by atoms with van der Waals surface area (Å²) < 4.78 is 0. The van der Waals surface area contributed by atoms with E-state index in [0.29, 0.717) is 6.54 Å². The molecular weight excluding hydrogens is 297 g/mol. The van der Waals surface area contributed by atoms with Crippen LogP contribution in [0.5, 0.6) is 0 Å². The summed E-state index contributed by atoms with van der Waals surface area (Å²) in [5, 5.41) is 0. The van der Waals surface area contributed by atoms with Crippen molar-refractivity contribution in [3.8, 4) is 0 Å². The predicted octanol–water partition coefficient (Wildman–Crippen LogP) is 1.82. The van der Waals surface area contributed by atoms with Crippen molar-refractivity contribution >= 4 is 15.9 Å². The molecule has 1 rings (SSSR count). The Bertz CT molecular complexity index is 163. The molecule has 3 N–H and O–H groups in total. The molecule has 3 nitrogen and oxygen atoms in total. The number of nitrogens with zero attached hydrogens (tertiary/aromatic N) is 1. The van der Waals surface area contributed by atoms with Crippen LogP contribution in [0, 0.1) is 0 Å². The van der Waals surface area contributed by atoms with Crippen LogP contribution in [0.2, 0.25) is 0 Å². The minimum absolute atomic E-state index is 0. The van der Waals surface area contributed by atoms with Crippen molar-refractivity contribution in [2.45, 2.75) is 6.54 Å². The maximum atomic E-state index is 6.90. The van der Waals surface area contributed by atoms with E-state index in [2.05, 4.69) is 20.9 Å². The van der Waals surface area contributed by atoms with Crippen LogP contribution in [0.15, 0.2) is 24.5 Å². The van der Waals surface area contributed by atoms with Crippen molar-refractivity contribution < 1.29 is 38.2 Å². The Labute approximate surface area is 106 Å². The van der Waals surface area contributed by atoms with Gasteiger partial charge in [0.1, 0.15) is 0 Å². The van der Waals surface area contributed by atoms with Crippen LogP contribution in [-0.2, 0) is 39.3 Å². The summed E-state index contributed by atoms with van der Waals surface area (Å²) in [6, 6.07) is 3.73. The second-order valence-electron chi connectivity index (χ2n) is 1.54. The maximum Gasteiger partial charge on any atom is 0.0282 e. The standard InChI is InChI=1S/C6H7N2.CH3Br.H2O.Y/c7-4-6-2-1-3-8-5-6;1-2;;/h1-3,5,7H,4H2;1H3;1H2;/q-1;;;. The molecule has 1 aromatic heterocycles. The molecular formula is C7H12BrN2OY-. The SMILES string of the molecule is CBr.O.[NH-]Cc1cccnc1.[Y]. The largest absolute Gasteiger partial charge is 0.674 e. The minimum atomic E-state index is 0. The minimum Gasteiger partial charge on any atom is -0.674 e. The Balaban J connectivity index is -0.000000189. The number of aromatic nitrogens is 1. The van der Waals surface area contributed by atoms with Gasteiger partial charge in [0.05, 0.1) is 0 Å². The first-order chi connectivity index (χ1) is 4.93. The van der Waals surface area contributed by atoms with E-state index in [1.165, 1.54) is 0 Å². The first kappa shape index (κ1) is 18.4. The average molecular weight is 309 g/mol. The second kappa shape index (κ2) is 14.2. The summed E-state index contributed by atoms with van der Waals surface area (Å²) in [5.41, 5.74) is 7.87. The van der Waals surface area contributed by atoms with E-state index >= 15 is 0 Å². The van der Waals surface area contributed by atoms with Gasteiger partial charge in [0.25, 0.3) is 0 Å². The van der Waals surface area contributed by atoms with Gasteiger partial charge in [-0.3, -0.25) is 4.98 Å². The molecule has 0 fully saturated rings. The predicted molar refractivity (Wildman–Crippen MR) is 50.7 cm³/mol. The third-order valence-corrected chi connectivity index (χ3v) is 0.927. The van der Waals surface area contributed by atoms with E-state index in [1.807, 2.05) is 18.0 Å². The third-order valence-electron chi connectivity index (χ3n) is 0.927. The fourth-order valence-electron chi connectivity index (χ4n) is 0.503. The number of rotatable bonds is 1. The molecule has 0 saturated carbocycles. The fourth-order valence-corrected chi connectivity index (χ4v) is 0.503. The summed E-state index contributed by atoms with van der Waals surface area (Å²) in [6.45, 7) is 0.327. The zero-order chi connectivity index (χ0) is 7.82. The topological polar surface area (TPSA) is 68.2 Å². The molecule has 0 saturated heterocycles. The molecule has 1 aromatic rings.